The average molecular weight is 416 g/mol. The number of ether oxygens (including phenoxy) is 1. The predicted octanol–water partition coefficient (Wildman–Crippen LogP) is 3.12. The lowest BCUT2D eigenvalue weighted by atomic mass is 9.96. The van der Waals surface area contributed by atoms with E-state index in [4.69, 9.17) is 15.5 Å². The van der Waals surface area contributed by atoms with E-state index >= 15 is 0 Å². The fourth-order valence-corrected chi connectivity index (χ4v) is 5.29. The van der Waals surface area contributed by atoms with Gasteiger partial charge in [-0.15, -0.1) is 11.3 Å². The van der Waals surface area contributed by atoms with E-state index < -0.39 is 5.91 Å². The standard InChI is InChI=1S/C20H21N3O3S2/c1-11(2)14-8-13-15(9-26-14)28-18-17(13)19(25)23(12-6-4-3-5-7-12)20(22-18)27-10-16(21)24/h3-7,11,14H,8-10H2,1-2H3,(H2,21,24). The molecule has 1 aliphatic heterocycles. The van der Waals surface area contributed by atoms with Gasteiger partial charge in [-0.3, -0.25) is 14.2 Å². The molecule has 1 unspecified atom stereocenters. The second-order valence-electron chi connectivity index (χ2n) is 7.11. The van der Waals surface area contributed by atoms with E-state index in [1.165, 1.54) is 23.1 Å². The van der Waals surface area contributed by atoms with Gasteiger partial charge in [-0.05, 0) is 23.6 Å². The van der Waals surface area contributed by atoms with Crippen LogP contribution in [0.4, 0.5) is 0 Å². The topological polar surface area (TPSA) is 87.2 Å². The van der Waals surface area contributed by atoms with Gasteiger partial charge in [0.05, 0.1) is 29.5 Å². The van der Waals surface area contributed by atoms with Crippen LogP contribution < -0.4 is 11.3 Å². The van der Waals surface area contributed by atoms with Crippen LogP contribution in [0, 0.1) is 5.92 Å². The van der Waals surface area contributed by atoms with Crippen LogP contribution in [0.1, 0.15) is 24.3 Å². The van der Waals surface area contributed by atoms with Crippen molar-refractivity contribution in [3.8, 4) is 5.69 Å². The van der Waals surface area contributed by atoms with E-state index in [2.05, 4.69) is 13.8 Å². The zero-order chi connectivity index (χ0) is 19.8. The first kappa shape index (κ1) is 19.2. The van der Waals surface area contributed by atoms with E-state index in [-0.39, 0.29) is 17.4 Å². The summed E-state index contributed by atoms with van der Waals surface area (Å²) in [4.78, 5) is 31.4. The number of nitrogens with two attached hydrogens (primary N) is 1. The Morgan fingerprint density at radius 2 is 2.14 bits per heavy atom. The van der Waals surface area contributed by atoms with Gasteiger partial charge in [0.15, 0.2) is 5.16 Å². The summed E-state index contributed by atoms with van der Waals surface area (Å²) in [6.45, 7) is 4.76. The van der Waals surface area contributed by atoms with Crippen molar-refractivity contribution < 1.29 is 9.53 Å². The Kier molecular flexibility index (Phi) is 5.27. The monoisotopic (exact) mass is 415 g/mol. The van der Waals surface area contributed by atoms with Gasteiger partial charge in [-0.25, -0.2) is 4.98 Å². The molecular formula is C20H21N3O3S2. The van der Waals surface area contributed by atoms with Gasteiger partial charge in [0.1, 0.15) is 4.83 Å². The molecule has 28 heavy (non-hydrogen) atoms. The van der Waals surface area contributed by atoms with Crippen LogP contribution in [-0.4, -0.2) is 27.3 Å². The minimum absolute atomic E-state index is 0.0639. The molecule has 0 radical (unpaired) electrons. The average Bonchev–Trinajstić information content (AvgIpc) is 3.04. The summed E-state index contributed by atoms with van der Waals surface area (Å²) in [5.74, 6) is -0.00980. The van der Waals surface area contributed by atoms with Crippen molar-refractivity contribution in [3.63, 3.8) is 0 Å². The molecule has 0 saturated heterocycles. The molecule has 146 valence electrons. The largest absolute Gasteiger partial charge is 0.372 e. The van der Waals surface area contributed by atoms with Crippen LogP contribution in [-0.2, 0) is 22.6 Å². The number of hydrogen-bond acceptors (Lipinski definition) is 6. The lowest BCUT2D eigenvalue weighted by Crippen LogP contribution is -2.28. The Morgan fingerprint density at radius 3 is 2.82 bits per heavy atom. The summed E-state index contributed by atoms with van der Waals surface area (Å²) in [5, 5.41) is 1.14. The molecule has 8 heteroatoms. The van der Waals surface area contributed by atoms with Crippen LogP contribution in [0.25, 0.3) is 15.9 Å². The molecule has 0 aliphatic carbocycles. The van der Waals surface area contributed by atoms with Crippen molar-refractivity contribution in [3.05, 3.63) is 51.1 Å². The molecule has 2 N–H and O–H groups in total. The lowest BCUT2D eigenvalue weighted by Gasteiger charge is -2.26. The Morgan fingerprint density at radius 1 is 1.39 bits per heavy atom. The summed E-state index contributed by atoms with van der Waals surface area (Å²) in [5.41, 5.74) is 6.99. The number of aromatic nitrogens is 2. The maximum absolute atomic E-state index is 13.6. The molecule has 3 heterocycles. The fourth-order valence-electron chi connectivity index (χ4n) is 3.37. The number of para-hydroxylation sites is 1. The number of thiophene rings is 1. The van der Waals surface area contributed by atoms with Gasteiger partial charge in [0.25, 0.3) is 5.56 Å². The smallest absolute Gasteiger partial charge is 0.267 e. The summed E-state index contributed by atoms with van der Waals surface area (Å²) in [6.07, 6.45) is 0.811. The first-order valence-corrected chi connectivity index (χ1v) is 10.9. The Bertz CT molecular complexity index is 1090. The predicted molar refractivity (Wildman–Crippen MR) is 112 cm³/mol. The zero-order valence-electron chi connectivity index (χ0n) is 15.7. The number of carbonyl (C=O) groups excluding carboxylic acids is 1. The Labute approximate surface area is 170 Å². The summed E-state index contributed by atoms with van der Waals surface area (Å²) >= 11 is 2.68. The SMILES string of the molecule is CC(C)C1Cc2c(sc3nc(SCC(N)=O)n(-c4ccccc4)c(=O)c23)CO1. The number of rotatable bonds is 5. The van der Waals surface area contributed by atoms with Gasteiger partial charge in [0, 0.05) is 11.3 Å². The molecule has 3 aromatic rings. The van der Waals surface area contributed by atoms with E-state index in [9.17, 15) is 9.59 Å². The van der Waals surface area contributed by atoms with Crippen molar-refractivity contribution in [2.24, 2.45) is 11.7 Å². The van der Waals surface area contributed by atoms with E-state index in [0.717, 1.165) is 16.1 Å². The quantitative estimate of drug-likeness (QED) is 0.511. The number of hydrogen-bond donors (Lipinski definition) is 1. The number of benzene rings is 1. The van der Waals surface area contributed by atoms with E-state index in [1.807, 2.05) is 30.3 Å². The van der Waals surface area contributed by atoms with Crippen LogP contribution in [0.3, 0.4) is 0 Å². The number of primary amides is 1. The van der Waals surface area contributed by atoms with Gasteiger partial charge in [-0.2, -0.15) is 0 Å². The number of nitrogens with zero attached hydrogens (tertiary/aromatic N) is 2. The van der Waals surface area contributed by atoms with Crippen molar-refractivity contribution in [1.82, 2.24) is 9.55 Å². The van der Waals surface area contributed by atoms with Crippen LogP contribution in [0.5, 0.6) is 0 Å². The minimum Gasteiger partial charge on any atom is -0.372 e. The number of amides is 1. The molecule has 1 aromatic carbocycles. The molecule has 6 nitrogen and oxygen atoms in total. The van der Waals surface area contributed by atoms with Gasteiger partial charge >= 0.3 is 0 Å². The molecule has 0 bridgehead atoms. The summed E-state index contributed by atoms with van der Waals surface area (Å²) < 4.78 is 7.55. The molecule has 0 spiro atoms. The Hall–Kier alpha value is -2.16. The van der Waals surface area contributed by atoms with E-state index in [1.54, 1.807) is 4.57 Å². The molecule has 4 rings (SSSR count). The molecule has 0 saturated carbocycles. The number of thioether (sulfide) groups is 1. The van der Waals surface area contributed by atoms with Crippen molar-refractivity contribution in [2.45, 2.75) is 38.1 Å². The summed E-state index contributed by atoms with van der Waals surface area (Å²) in [7, 11) is 0. The highest BCUT2D eigenvalue weighted by molar-refractivity contribution is 7.99. The van der Waals surface area contributed by atoms with Crippen molar-refractivity contribution in [1.29, 1.82) is 0 Å². The van der Waals surface area contributed by atoms with E-state index in [0.29, 0.717) is 34.3 Å². The molecule has 1 aliphatic rings. The maximum atomic E-state index is 13.6. The van der Waals surface area contributed by atoms with Gasteiger partial charge < -0.3 is 10.5 Å². The molecule has 1 atom stereocenters. The fraction of sp³-hybridized carbons (Fsp3) is 0.350. The maximum Gasteiger partial charge on any atom is 0.267 e. The highest BCUT2D eigenvalue weighted by atomic mass is 32.2. The molecule has 2 aromatic heterocycles. The number of carbonyl (C=O) groups is 1. The van der Waals surface area contributed by atoms with Gasteiger partial charge in [-0.1, -0.05) is 43.8 Å². The third-order valence-electron chi connectivity index (χ3n) is 4.81. The normalized spacial score (nSPS) is 16.5. The number of fused-ring (bicyclic) bond motifs is 3. The van der Waals surface area contributed by atoms with Gasteiger partial charge in [0.2, 0.25) is 5.91 Å². The van der Waals surface area contributed by atoms with Crippen LogP contribution in [0.2, 0.25) is 0 Å². The van der Waals surface area contributed by atoms with Crippen LogP contribution >= 0.6 is 23.1 Å². The Balaban J connectivity index is 1.93. The first-order valence-electron chi connectivity index (χ1n) is 9.11. The molecular weight excluding hydrogens is 394 g/mol. The third kappa shape index (κ3) is 3.47. The highest BCUT2D eigenvalue weighted by Crippen LogP contribution is 2.36. The lowest BCUT2D eigenvalue weighted by molar-refractivity contribution is -0.115. The van der Waals surface area contributed by atoms with Crippen molar-refractivity contribution >= 4 is 39.2 Å². The second kappa shape index (κ2) is 7.69. The first-order chi connectivity index (χ1) is 13.5. The molecule has 0 fully saturated rings. The summed E-state index contributed by atoms with van der Waals surface area (Å²) in [6, 6.07) is 9.37. The highest BCUT2D eigenvalue weighted by Gasteiger charge is 2.28. The second-order valence-corrected chi connectivity index (χ2v) is 9.13. The third-order valence-corrected chi connectivity index (χ3v) is 6.87. The van der Waals surface area contributed by atoms with Crippen LogP contribution in [0.15, 0.2) is 40.3 Å². The zero-order valence-corrected chi connectivity index (χ0v) is 17.3. The molecule has 1 amide bonds. The minimum atomic E-state index is -0.447. The van der Waals surface area contributed by atoms with Crippen molar-refractivity contribution in [2.75, 3.05) is 5.75 Å².